The first-order chi connectivity index (χ1) is 12.7. The van der Waals surface area contributed by atoms with Gasteiger partial charge >= 0.3 is 0 Å². The lowest BCUT2D eigenvalue weighted by atomic mass is 9.96. The minimum atomic E-state index is 0.501. The van der Waals surface area contributed by atoms with E-state index in [0.29, 0.717) is 22.9 Å². The first kappa shape index (κ1) is 14.5. The number of nitrogens with zero attached hydrogens (tertiary/aromatic N) is 6. The molecule has 0 amide bonds. The first-order valence-corrected chi connectivity index (χ1v) is 8.09. The zero-order valence-electron chi connectivity index (χ0n) is 13.9. The number of hydrogen-bond acceptors (Lipinski definition) is 6. The van der Waals surface area contributed by atoms with Gasteiger partial charge in [-0.3, -0.25) is 0 Å². The molecule has 0 fully saturated rings. The largest absolute Gasteiger partial charge is 0.383 e. The van der Waals surface area contributed by atoms with Crippen LogP contribution in [0.15, 0.2) is 48.8 Å². The summed E-state index contributed by atoms with van der Waals surface area (Å²) >= 11 is 0. The SMILES string of the molecule is Cc1cccc2cccc(-c3cnc4c(-c5nnn[nH]5)cnn4c3N)c12. The second-order valence-corrected chi connectivity index (χ2v) is 6.08. The summed E-state index contributed by atoms with van der Waals surface area (Å²) in [4.78, 5) is 4.58. The Labute approximate surface area is 147 Å². The Hall–Kier alpha value is -3.81. The van der Waals surface area contributed by atoms with Crippen molar-refractivity contribution < 1.29 is 0 Å². The monoisotopic (exact) mass is 342 g/mol. The van der Waals surface area contributed by atoms with Crippen LogP contribution in [0.25, 0.3) is 38.9 Å². The summed E-state index contributed by atoms with van der Waals surface area (Å²) in [6.07, 6.45) is 3.43. The highest BCUT2D eigenvalue weighted by Gasteiger charge is 2.17. The van der Waals surface area contributed by atoms with Gasteiger partial charge < -0.3 is 5.73 Å². The van der Waals surface area contributed by atoms with E-state index in [1.807, 2.05) is 6.07 Å². The number of aryl methyl sites for hydroxylation is 1. The molecule has 0 spiro atoms. The Balaban J connectivity index is 1.78. The molecule has 3 N–H and O–H groups in total. The molecule has 126 valence electrons. The summed E-state index contributed by atoms with van der Waals surface area (Å²) in [5.74, 6) is 1.02. The van der Waals surface area contributed by atoms with E-state index in [2.05, 4.69) is 68.0 Å². The molecule has 0 radical (unpaired) electrons. The van der Waals surface area contributed by atoms with E-state index in [9.17, 15) is 0 Å². The van der Waals surface area contributed by atoms with Crippen LogP contribution in [-0.2, 0) is 0 Å². The van der Waals surface area contributed by atoms with E-state index in [1.54, 1.807) is 16.9 Å². The van der Waals surface area contributed by atoms with Gasteiger partial charge in [-0.15, -0.1) is 5.10 Å². The zero-order chi connectivity index (χ0) is 17.7. The molecule has 26 heavy (non-hydrogen) atoms. The van der Waals surface area contributed by atoms with Crippen molar-refractivity contribution in [3.63, 3.8) is 0 Å². The lowest BCUT2D eigenvalue weighted by molar-refractivity contribution is 0.881. The molecule has 2 aromatic carbocycles. The highest BCUT2D eigenvalue weighted by Crippen LogP contribution is 2.34. The van der Waals surface area contributed by atoms with Crippen LogP contribution in [0.1, 0.15) is 5.56 Å². The van der Waals surface area contributed by atoms with Crippen molar-refractivity contribution in [2.24, 2.45) is 0 Å². The first-order valence-electron chi connectivity index (χ1n) is 8.09. The van der Waals surface area contributed by atoms with Crippen molar-refractivity contribution in [2.45, 2.75) is 6.92 Å². The number of aromatic amines is 1. The summed E-state index contributed by atoms with van der Waals surface area (Å²) in [6, 6.07) is 12.4. The van der Waals surface area contributed by atoms with Crippen LogP contribution in [0.5, 0.6) is 0 Å². The second-order valence-electron chi connectivity index (χ2n) is 6.08. The van der Waals surface area contributed by atoms with Crippen molar-refractivity contribution in [3.8, 4) is 22.5 Å². The molecule has 0 saturated carbocycles. The fourth-order valence-corrected chi connectivity index (χ4v) is 3.35. The summed E-state index contributed by atoms with van der Waals surface area (Å²) in [5, 5.41) is 20.5. The van der Waals surface area contributed by atoms with Crippen molar-refractivity contribution in [1.29, 1.82) is 0 Å². The molecular weight excluding hydrogens is 328 g/mol. The maximum absolute atomic E-state index is 6.46. The van der Waals surface area contributed by atoms with Crippen LogP contribution in [-0.4, -0.2) is 35.2 Å². The Morgan fingerprint density at radius 3 is 2.65 bits per heavy atom. The van der Waals surface area contributed by atoms with E-state index in [-0.39, 0.29) is 0 Å². The molecule has 0 aliphatic carbocycles. The van der Waals surface area contributed by atoms with Gasteiger partial charge in [0.15, 0.2) is 11.5 Å². The number of H-pyrrole nitrogens is 1. The predicted octanol–water partition coefficient (Wildman–Crippen LogP) is 2.62. The Morgan fingerprint density at radius 2 is 1.85 bits per heavy atom. The topological polar surface area (TPSA) is 111 Å². The molecule has 3 aromatic heterocycles. The standard InChI is InChI=1S/C18H14N8/c1-10-4-2-5-11-6-3-7-12(15(10)11)13-8-20-18-14(17-22-24-25-23-17)9-21-26(18)16(13)19/h2-9H,19H2,1H3,(H,22,23,24,25). The molecule has 0 bridgehead atoms. The summed E-state index contributed by atoms with van der Waals surface area (Å²) < 4.78 is 1.62. The van der Waals surface area contributed by atoms with Crippen LogP contribution >= 0.6 is 0 Å². The molecule has 8 nitrogen and oxygen atoms in total. The number of nitrogen functional groups attached to an aromatic ring is 1. The van der Waals surface area contributed by atoms with Gasteiger partial charge in [-0.2, -0.15) is 9.61 Å². The fourth-order valence-electron chi connectivity index (χ4n) is 3.35. The van der Waals surface area contributed by atoms with E-state index in [0.717, 1.165) is 21.9 Å². The van der Waals surface area contributed by atoms with Gasteiger partial charge in [0.25, 0.3) is 0 Å². The Kier molecular flexibility index (Phi) is 2.99. The lowest BCUT2D eigenvalue weighted by Crippen LogP contribution is -2.03. The molecule has 0 unspecified atom stereocenters. The molecule has 5 rings (SSSR count). The molecule has 8 heteroatoms. The van der Waals surface area contributed by atoms with Gasteiger partial charge in [-0.05, 0) is 39.2 Å². The molecular formula is C18H14N8. The number of anilines is 1. The molecule has 3 heterocycles. The third-order valence-corrected chi connectivity index (χ3v) is 4.57. The van der Waals surface area contributed by atoms with Gasteiger partial charge in [0.1, 0.15) is 5.82 Å². The number of tetrazole rings is 1. The molecule has 0 aliphatic heterocycles. The Bertz CT molecular complexity index is 1250. The molecule has 0 aliphatic rings. The average Bonchev–Trinajstić information content (AvgIpc) is 3.31. The zero-order valence-corrected chi connectivity index (χ0v) is 13.9. The molecule has 0 saturated heterocycles. The van der Waals surface area contributed by atoms with Crippen molar-refractivity contribution in [1.82, 2.24) is 35.2 Å². The number of nitrogens with one attached hydrogen (secondary N) is 1. The quantitative estimate of drug-likeness (QED) is 0.510. The maximum Gasteiger partial charge on any atom is 0.184 e. The number of hydrogen-bond donors (Lipinski definition) is 2. The minimum Gasteiger partial charge on any atom is -0.383 e. The minimum absolute atomic E-state index is 0.501. The summed E-state index contributed by atoms with van der Waals surface area (Å²) in [7, 11) is 0. The number of benzene rings is 2. The van der Waals surface area contributed by atoms with Crippen molar-refractivity contribution in [2.75, 3.05) is 5.73 Å². The third kappa shape index (κ3) is 1.99. The molecule has 0 atom stereocenters. The van der Waals surface area contributed by atoms with Crippen LogP contribution in [0.2, 0.25) is 0 Å². The van der Waals surface area contributed by atoms with Crippen LogP contribution < -0.4 is 5.73 Å². The van der Waals surface area contributed by atoms with Crippen LogP contribution in [0.3, 0.4) is 0 Å². The van der Waals surface area contributed by atoms with Gasteiger partial charge in [0.2, 0.25) is 0 Å². The lowest BCUT2D eigenvalue weighted by Gasteiger charge is -2.12. The maximum atomic E-state index is 6.46. The number of aromatic nitrogens is 7. The van der Waals surface area contributed by atoms with Gasteiger partial charge in [-0.25, -0.2) is 10.1 Å². The molecule has 5 aromatic rings. The van der Waals surface area contributed by atoms with Gasteiger partial charge in [0.05, 0.1) is 11.8 Å². The van der Waals surface area contributed by atoms with E-state index < -0.39 is 0 Å². The summed E-state index contributed by atoms with van der Waals surface area (Å²) in [6.45, 7) is 2.09. The smallest absolute Gasteiger partial charge is 0.184 e. The average molecular weight is 342 g/mol. The van der Waals surface area contributed by atoms with Gasteiger partial charge in [0, 0.05) is 11.8 Å². The van der Waals surface area contributed by atoms with E-state index >= 15 is 0 Å². The van der Waals surface area contributed by atoms with E-state index in [4.69, 9.17) is 5.73 Å². The highest BCUT2D eigenvalue weighted by atomic mass is 15.5. The second kappa shape index (κ2) is 5.35. The highest BCUT2D eigenvalue weighted by molar-refractivity contribution is 6.01. The van der Waals surface area contributed by atoms with Crippen LogP contribution in [0.4, 0.5) is 5.82 Å². The number of rotatable bonds is 2. The summed E-state index contributed by atoms with van der Waals surface area (Å²) in [5.41, 5.74) is 10.8. The third-order valence-electron chi connectivity index (χ3n) is 4.57. The fraction of sp³-hybridized carbons (Fsp3) is 0.0556. The van der Waals surface area contributed by atoms with Crippen LogP contribution in [0, 0.1) is 6.92 Å². The van der Waals surface area contributed by atoms with Crippen molar-refractivity contribution >= 4 is 22.2 Å². The van der Waals surface area contributed by atoms with Gasteiger partial charge in [-0.1, -0.05) is 36.4 Å². The number of nitrogens with two attached hydrogens (primary N) is 1. The van der Waals surface area contributed by atoms with Crippen molar-refractivity contribution in [3.05, 3.63) is 54.4 Å². The Morgan fingerprint density at radius 1 is 1.00 bits per heavy atom. The predicted molar refractivity (Wildman–Crippen MR) is 98.3 cm³/mol. The van der Waals surface area contributed by atoms with E-state index in [1.165, 1.54) is 5.56 Å². The normalized spacial score (nSPS) is 11.4. The number of fused-ring (bicyclic) bond motifs is 2.